The van der Waals surface area contributed by atoms with Crippen LogP contribution >= 0.6 is 0 Å². The number of ether oxygens (including phenoxy) is 1. The second kappa shape index (κ2) is 17.2. The standard InChI is InChI=1S/C20H36O3/c1-3-4-5-6-7-8-10-13-16-19(21)17-14-11-9-12-15-18-20(22)23-2/h13,16H,3-12,14-15,17-18H2,1-2H3/b16-13+. The number of ketones is 1. The Kier molecular flexibility index (Phi) is 16.4. The minimum absolute atomic E-state index is 0.129. The van der Waals surface area contributed by atoms with Crippen LogP contribution in [0.25, 0.3) is 0 Å². The Balaban J connectivity index is 3.32. The third kappa shape index (κ3) is 17.1. The molecule has 0 rings (SSSR count). The van der Waals surface area contributed by atoms with E-state index < -0.39 is 0 Å². The molecule has 3 heteroatoms. The van der Waals surface area contributed by atoms with Crippen molar-refractivity contribution in [3.05, 3.63) is 12.2 Å². The monoisotopic (exact) mass is 324 g/mol. The maximum atomic E-state index is 11.7. The van der Waals surface area contributed by atoms with Gasteiger partial charge in [0.2, 0.25) is 0 Å². The van der Waals surface area contributed by atoms with Crippen molar-refractivity contribution >= 4 is 11.8 Å². The lowest BCUT2D eigenvalue weighted by Gasteiger charge is -2.00. The summed E-state index contributed by atoms with van der Waals surface area (Å²) in [5, 5.41) is 0. The number of esters is 1. The molecule has 0 saturated heterocycles. The highest BCUT2D eigenvalue weighted by Gasteiger charge is 2.00. The van der Waals surface area contributed by atoms with Crippen molar-refractivity contribution in [3.8, 4) is 0 Å². The van der Waals surface area contributed by atoms with E-state index in [9.17, 15) is 9.59 Å². The van der Waals surface area contributed by atoms with E-state index in [0.717, 1.165) is 38.5 Å². The lowest BCUT2D eigenvalue weighted by molar-refractivity contribution is -0.140. The molecular formula is C20H36O3. The largest absolute Gasteiger partial charge is 0.469 e. The summed E-state index contributed by atoms with van der Waals surface area (Å²) < 4.78 is 4.60. The van der Waals surface area contributed by atoms with Gasteiger partial charge in [-0.3, -0.25) is 9.59 Å². The number of rotatable bonds is 16. The molecular weight excluding hydrogens is 288 g/mol. The number of unbranched alkanes of at least 4 members (excludes halogenated alkanes) is 10. The average molecular weight is 325 g/mol. The highest BCUT2D eigenvalue weighted by atomic mass is 16.5. The summed E-state index contributed by atoms with van der Waals surface area (Å²) in [6.45, 7) is 2.23. The molecule has 0 aromatic carbocycles. The molecule has 0 atom stereocenters. The molecule has 0 aliphatic rings. The molecule has 3 nitrogen and oxygen atoms in total. The third-order valence-corrected chi connectivity index (χ3v) is 4.06. The summed E-state index contributed by atoms with van der Waals surface area (Å²) in [5.41, 5.74) is 0. The van der Waals surface area contributed by atoms with Crippen molar-refractivity contribution in [1.29, 1.82) is 0 Å². The summed E-state index contributed by atoms with van der Waals surface area (Å²) in [6.07, 6.45) is 18.8. The average Bonchev–Trinajstić information content (AvgIpc) is 2.56. The topological polar surface area (TPSA) is 43.4 Å². The molecule has 0 radical (unpaired) electrons. The molecule has 0 saturated carbocycles. The summed E-state index contributed by atoms with van der Waals surface area (Å²) in [6, 6.07) is 0. The van der Waals surface area contributed by atoms with Crippen LogP contribution in [0.3, 0.4) is 0 Å². The van der Waals surface area contributed by atoms with Gasteiger partial charge < -0.3 is 4.74 Å². The lowest BCUT2D eigenvalue weighted by atomic mass is 10.1. The molecule has 23 heavy (non-hydrogen) atoms. The summed E-state index contributed by atoms with van der Waals surface area (Å²) in [7, 11) is 1.42. The number of carbonyl (C=O) groups excluding carboxylic acids is 2. The second-order valence-electron chi connectivity index (χ2n) is 6.27. The summed E-state index contributed by atoms with van der Waals surface area (Å²) >= 11 is 0. The number of hydrogen-bond donors (Lipinski definition) is 0. The zero-order valence-corrected chi connectivity index (χ0v) is 15.3. The second-order valence-corrected chi connectivity index (χ2v) is 6.27. The van der Waals surface area contributed by atoms with Crippen molar-refractivity contribution in [2.45, 2.75) is 96.8 Å². The van der Waals surface area contributed by atoms with Crippen LogP contribution in [0.4, 0.5) is 0 Å². The lowest BCUT2D eigenvalue weighted by Crippen LogP contribution is -1.99. The highest BCUT2D eigenvalue weighted by molar-refractivity contribution is 5.89. The van der Waals surface area contributed by atoms with E-state index in [2.05, 4.69) is 11.7 Å². The van der Waals surface area contributed by atoms with Crippen LogP contribution in [0.2, 0.25) is 0 Å². The van der Waals surface area contributed by atoms with Gasteiger partial charge in [0.15, 0.2) is 5.78 Å². The SMILES string of the molecule is CCCCCCCC/C=C/C(=O)CCCCCCCC(=O)OC. The van der Waals surface area contributed by atoms with E-state index in [1.165, 1.54) is 45.6 Å². The Morgan fingerprint density at radius 2 is 1.35 bits per heavy atom. The predicted octanol–water partition coefficient (Wildman–Crippen LogP) is 5.77. The third-order valence-electron chi connectivity index (χ3n) is 4.06. The van der Waals surface area contributed by atoms with E-state index in [1.807, 2.05) is 6.08 Å². The first-order valence-electron chi connectivity index (χ1n) is 9.47. The van der Waals surface area contributed by atoms with E-state index in [1.54, 1.807) is 6.08 Å². The maximum absolute atomic E-state index is 11.7. The molecule has 0 aromatic heterocycles. The van der Waals surface area contributed by atoms with Gasteiger partial charge >= 0.3 is 5.97 Å². The Bertz CT molecular complexity index is 321. The van der Waals surface area contributed by atoms with Crippen molar-refractivity contribution in [2.24, 2.45) is 0 Å². The first-order chi connectivity index (χ1) is 11.2. The van der Waals surface area contributed by atoms with Gasteiger partial charge in [-0.1, -0.05) is 64.4 Å². The van der Waals surface area contributed by atoms with Crippen LogP contribution in [0.5, 0.6) is 0 Å². The molecule has 0 aliphatic heterocycles. The Labute approximate surface area is 142 Å². The zero-order chi connectivity index (χ0) is 17.2. The van der Waals surface area contributed by atoms with Gasteiger partial charge in [0, 0.05) is 12.8 Å². The van der Waals surface area contributed by atoms with Crippen LogP contribution in [0, 0.1) is 0 Å². The fourth-order valence-electron chi connectivity index (χ4n) is 2.54. The fourth-order valence-corrected chi connectivity index (χ4v) is 2.54. The molecule has 0 bridgehead atoms. The molecule has 0 N–H and O–H groups in total. The van der Waals surface area contributed by atoms with Crippen LogP contribution in [-0.2, 0) is 14.3 Å². The fraction of sp³-hybridized carbons (Fsp3) is 0.800. The molecule has 0 aromatic rings. The zero-order valence-electron chi connectivity index (χ0n) is 15.3. The predicted molar refractivity (Wildman–Crippen MR) is 96.5 cm³/mol. The van der Waals surface area contributed by atoms with E-state index >= 15 is 0 Å². The minimum atomic E-state index is -0.129. The van der Waals surface area contributed by atoms with Gasteiger partial charge in [-0.2, -0.15) is 0 Å². The molecule has 0 heterocycles. The minimum Gasteiger partial charge on any atom is -0.469 e. The first kappa shape index (κ1) is 21.9. The van der Waals surface area contributed by atoms with Gasteiger partial charge in [0.1, 0.15) is 0 Å². The normalized spacial score (nSPS) is 11.0. The van der Waals surface area contributed by atoms with Gasteiger partial charge in [0.05, 0.1) is 7.11 Å². The molecule has 0 spiro atoms. The summed E-state index contributed by atoms with van der Waals surface area (Å²) in [4.78, 5) is 22.6. The van der Waals surface area contributed by atoms with Crippen LogP contribution in [0.15, 0.2) is 12.2 Å². The molecule has 0 amide bonds. The number of carbonyl (C=O) groups is 2. The van der Waals surface area contributed by atoms with Crippen molar-refractivity contribution < 1.29 is 14.3 Å². The van der Waals surface area contributed by atoms with Crippen molar-refractivity contribution in [1.82, 2.24) is 0 Å². The molecule has 0 fully saturated rings. The van der Waals surface area contributed by atoms with E-state index in [4.69, 9.17) is 0 Å². The Morgan fingerprint density at radius 1 is 0.783 bits per heavy atom. The first-order valence-corrected chi connectivity index (χ1v) is 9.47. The smallest absolute Gasteiger partial charge is 0.305 e. The molecule has 0 unspecified atom stereocenters. The van der Waals surface area contributed by atoms with Crippen LogP contribution in [-0.4, -0.2) is 18.9 Å². The quantitative estimate of drug-likeness (QED) is 0.206. The summed E-state index contributed by atoms with van der Waals surface area (Å²) in [5.74, 6) is 0.126. The highest BCUT2D eigenvalue weighted by Crippen LogP contribution is 2.09. The number of allylic oxidation sites excluding steroid dienone is 2. The maximum Gasteiger partial charge on any atom is 0.305 e. The van der Waals surface area contributed by atoms with Crippen LogP contribution < -0.4 is 0 Å². The Hall–Kier alpha value is -1.12. The Morgan fingerprint density at radius 3 is 2.00 bits per heavy atom. The van der Waals surface area contributed by atoms with Crippen molar-refractivity contribution in [3.63, 3.8) is 0 Å². The van der Waals surface area contributed by atoms with Gasteiger partial charge in [-0.05, 0) is 31.8 Å². The molecule has 134 valence electrons. The number of methoxy groups -OCH3 is 1. The van der Waals surface area contributed by atoms with Gasteiger partial charge in [0.25, 0.3) is 0 Å². The van der Waals surface area contributed by atoms with Crippen LogP contribution in [0.1, 0.15) is 96.8 Å². The van der Waals surface area contributed by atoms with Gasteiger partial charge in [-0.15, -0.1) is 0 Å². The molecule has 0 aliphatic carbocycles. The van der Waals surface area contributed by atoms with E-state index in [0.29, 0.717) is 12.8 Å². The van der Waals surface area contributed by atoms with E-state index in [-0.39, 0.29) is 11.8 Å². The number of hydrogen-bond acceptors (Lipinski definition) is 3. The van der Waals surface area contributed by atoms with Crippen molar-refractivity contribution in [2.75, 3.05) is 7.11 Å². The van der Waals surface area contributed by atoms with Gasteiger partial charge in [-0.25, -0.2) is 0 Å².